The van der Waals surface area contributed by atoms with Crippen LogP contribution in [0.5, 0.6) is 5.75 Å². The smallest absolute Gasteiger partial charge is 0.471 e. The number of hydrogen-bond donors (Lipinski definition) is 2. The van der Waals surface area contributed by atoms with E-state index in [-0.39, 0.29) is 41.5 Å². The maximum Gasteiger partial charge on any atom is 0.471 e. The van der Waals surface area contributed by atoms with Crippen molar-refractivity contribution >= 4 is 28.5 Å². The van der Waals surface area contributed by atoms with Gasteiger partial charge in [0.05, 0.1) is 24.1 Å². The van der Waals surface area contributed by atoms with Gasteiger partial charge in [-0.3, -0.25) is 9.59 Å². The van der Waals surface area contributed by atoms with Crippen molar-refractivity contribution in [3.63, 3.8) is 0 Å². The zero-order valence-corrected chi connectivity index (χ0v) is 18.0. The highest BCUT2D eigenvalue weighted by Crippen LogP contribution is 2.55. The number of carbonyl (C=O) groups excluding carboxylic acids is 1. The van der Waals surface area contributed by atoms with E-state index in [4.69, 9.17) is 4.74 Å². The van der Waals surface area contributed by atoms with Crippen molar-refractivity contribution in [3.05, 3.63) is 33.9 Å². The number of carbonyl (C=O) groups is 2. The molecule has 1 atom stereocenters. The summed E-state index contributed by atoms with van der Waals surface area (Å²) in [7, 11) is 1.29. The lowest BCUT2D eigenvalue weighted by molar-refractivity contribution is -0.174. The van der Waals surface area contributed by atoms with Crippen LogP contribution in [0.25, 0.3) is 10.9 Å². The van der Waals surface area contributed by atoms with Crippen LogP contribution in [-0.4, -0.2) is 54.0 Å². The first kappa shape index (κ1) is 22.5. The number of rotatable bonds is 5. The molecule has 1 amide bonds. The molecule has 2 saturated carbocycles. The SMILES string of the molecule is COc1c(N2CC(NC(=O)C(F)(F)F)C3(CC3)C2)c(F)cc2c(=O)c(C(=O)O)cn(C3CC3)c12. The molecular formula is C22H21F4N3O5. The van der Waals surface area contributed by atoms with Crippen molar-refractivity contribution in [2.24, 2.45) is 5.41 Å². The number of benzene rings is 1. The van der Waals surface area contributed by atoms with Crippen molar-refractivity contribution < 1.29 is 37.0 Å². The molecule has 2 heterocycles. The Kier molecular flexibility index (Phi) is 4.86. The number of carboxylic acids is 1. The molecule has 1 aromatic carbocycles. The van der Waals surface area contributed by atoms with Gasteiger partial charge >= 0.3 is 18.1 Å². The molecule has 1 unspecified atom stereocenters. The number of aromatic nitrogens is 1. The molecule has 0 radical (unpaired) electrons. The van der Waals surface area contributed by atoms with Gasteiger partial charge in [0.25, 0.3) is 0 Å². The third kappa shape index (κ3) is 3.46. The first-order valence-electron chi connectivity index (χ1n) is 10.8. The molecule has 12 heteroatoms. The predicted octanol–water partition coefficient (Wildman–Crippen LogP) is 2.83. The summed E-state index contributed by atoms with van der Waals surface area (Å²) in [5.41, 5.74) is -1.72. The van der Waals surface area contributed by atoms with Crippen LogP contribution in [0, 0.1) is 11.2 Å². The van der Waals surface area contributed by atoms with Gasteiger partial charge in [-0.1, -0.05) is 0 Å². The summed E-state index contributed by atoms with van der Waals surface area (Å²) in [5.74, 6) is -4.32. The van der Waals surface area contributed by atoms with Crippen molar-refractivity contribution in [3.8, 4) is 5.75 Å². The quantitative estimate of drug-likeness (QED) is 0.635. The van der Waals surface area contributed by atoms with Crippen LogP contribution in [0.3, 0.4) is 0 Å². The fraction of sp³-hybridized carbons (Fsp3) is 0.500. The Bertz CT molecular complexity index is 1280. The van der Waals surface area contributed by atoms with Crippen molar-refractivity contribution in [2.75, 3.05) is 25.1 Å². The van der Waals surface area contributed by atoms with E-state index < -0.39 is 46.3 Å². The van der Waals surface area contributed by atoms with Crippen LogP contribution in [0.4, 0.5) is 23.2 Å². The number of ether oxygens (including phenoxy) is 1. The van der Waals surface area contributed by atoms with E-state index in [9.17, 15) is 32.7 Å². The number of hydrogen-bond acceptors (Lipinski definition) is 5. The zero-order chi connectivity index (χ0) is 24.6. The summed E-state index contributed by atoms with van der Waals surface area (Å²) in [4.78, 5) is 37.5. The number of amides is 1. The van der Waals surface area contributed by atoms with E-state index in [2.05, 4.69) is 0 Å². The standard InChI is InChI=1S/C22H21F4N3O5/c1-34-18-15-11(17(30)12(19(31)32)7-29(15)10-2-3-10)6-13(23)16(18)28-8-14(21(9-28)4-5-21)27-20(33)22(24,25)26/h6-7,10,14H,2-5,8-9H2,1H3,(H,27,33)(H,31,32). The Morgan fingerprint density at radius 2 is 1.94 bits per heavy atom. The van der Waals surface area contributed by atoms with Crippen LogP contribution in [0.1, 0.15) is 42.1 Å². The summed E-state index contributed by atoms with van der Waals surface area (Å²) in [5, 5.41) is 11.3. The summed E-state index contributed by atoms with van der Waals surface area (Å²) >= 11 is 0. The van der Waals surface area contributed by atoms with Crippen LogP contribution in [0.2, 0.25) is 0 Å². The Labute approximate surface area is 190 Å². The summed E-state index contributed by atoms with van der Waals surface area (Å²) < 4.78 is 61.1. The molecule has 3 aliphatic rings. The van der Waals surface area contributed by atoms with Crippen LogP contribution >= 0.6 is 0 Å². The molecule has 0 bridgehead atoms. The highest BCUT2D eigenvalue weighted by molar-refractivity contribution is 5.97. The largest absolute Gasteiger partial charge is 0.492 e. The van der Waals surface area contributed by atoms with E-state index in [1.54, 1.807) is 4.57 Å². The minimum atomic E-state index is -5.03. The van der Waals surface area contributed by atoms with Crippen LogP contribution in [0.15, 0.2) is 17.1 Å². The molecule has 5 rings (SSSR count). The van der Waals surface area contributed by atoms with Gasteiger partial charge in [0.15, 0.2) is 11.6 Å². The first-order valence-corrected chi connectivity index (χ1v) is 10.8. The minimum absolute atomic E-state index is 0.00883. The number of anilines is 1. The van der Waals surface area contributed by atoms with E-state index >= 15 is 4.39 Å². The van der Waals surface area contributed by atoms with E-state index in [0.717, 1.165) is 18.9 Å². The van der Waals surface area contributed by atoms with Gasteiger partial charge < -0.3 is 24.6 Å². The normalized spacial score (nSPS) is 21.2. The molecule has 2 N–H and O–H groups in total. The lowest BCUT2D eigenvalue weighted by Gasteiger charge is -2.25. The number of pyridine rings is 1. The minimum Gasteiger partial charge on any atom is -0.492 e. The van der Waals surface area contributed by atoms with Gasteiger partial charge in [0.1, 0.15) is 11.3 Å². The lowest BCUT2D eigenvalue weighted by Crippen LogP contribution is -2.47. The Balaban J connectivity index is 1.62. The number of halogens is 4. The fourth-order valence-electron chi connectivity index (χ4n) is 4.97. The molecule has 1 aromatic heterocycles. The second kappa shape index (κ2) is 7.34. The number of nitrogens with zero attached hydrogens (tertiary/aromatic N) is 2. The van der Waals surface area contributed by atoms with Gasteiger partial charge in [0.2, 0.25) is 5.43 Å². The predicted molar refractivity (Wildman–Crippen MR) is 112 cm³/mol. The maximum absolute atomic E-state index is 15.4. The third-order valence-electron chi connectivity index (χ3n) is 6.99. The van der Waals surface area contributed by atoms with E-state index in [1.807, 2.05) is 5.32 Å². The average Bonchev–Trinajstić information content (AvgIpc) is 3.66. The number of methoxy groups -OCH3 is 1. The van der Waals surface area contributed by atoms with Gasteiger partial charge in [-0.05, 0) is 31.7 Å². The second-order valence-corrected chi connectivity index (χ2v) is 9.22. The Morgan fingerprint density at radius 1 is 1.26 bits per heavy atom. The van der Waals surface area contributed by atoms with Gasteiger partial charge in [0, 0.05) is 30.7 Å². The highest BCUT2D eigenvalue weighted by atomic mass is 19.4. The van der Waals surface area contributed by atoms with Gasteiger partial charge in [-0.25, -0.2) is 9.18 Å². The molecule has 1 saturated heterocycles. The van der Waals surface area contributed by atoms with Gasteiger partial charge in [-0.15, -0.1) is 0 Å². The number of alkyl halides is 3. The molecule has 2 aliphatic carbocycles. The first-order chi connectivity index (χ1) is 16.0. The topological polar surface area (TPSA) is 101 Å². The lowest BCUT2D eigenvalue weighted by atomic mass is 10.0. The summed E-state index contributed by atoms with van der Waals surface area (Å²) in [6, 6.07) is 0.0456. The van der Waals surface area contributed by atoms with Crippen LogP contribution < -0.4 is 20.4 Å². The molecule has 1 aliphatic heterocycles. The molecule has 2 aromatic rings. The Morgan fingerprint density at radius 3 is 2.47 bits per heavy atom. The van der Waals surface area contributed by atoms with Crippen LogP contribution in [-0.2, 0) is 4.79 Å². The molecule has 8 nitrogen and oxygen atoms in total. The summed E-state index contributed by atoms with van der Waals surface area (Å²) in [6.45, 7) is 0.136. The fourth-order valence-corrected chi connectivity index (χ4v) is 4.97. The molecular weight excluding hydrogens is 462 g/mol. The number of fused-ring (bicyclic) bond motifs is 1. The second-order valence-electron chi connectivity index (χ2n) is 9.22. The van der Waals surface area contributed by atoms with Crippen molar-refractivity contribution in [2.45, 2.75) is 43.9 Å². The van der Waals surface area contributed by atoms with Crippen molar-refractivity contribution in [1.82, 2.24) is 9.88 Å². The molecule has 34 heavy (non-hydrogen) atoms. The molecule has 182 valence electrons. The monoisotopic (exact) mass is 483 g/mol. The van der Waals surface area contributed by atoms with Crippen molar-refractivity contribution in [1.29, 1.82) is 0 Å². The maximum atomic E-state index is 15.4. The Hall–Kier alpha value is -3.31. The number of carboxylic acid groups (broad SMARTS) is 1. The van der Waals surface area contributed by atoms with Gasteiger partial charge in [-0.2, -0.15) is 13.2 Å². The zero-order valence-electron chi connectivity index (χ0n) is 18.0. The summed E-state index contributed by atoms with van der Waals surface area (Å²) in [6.07, 6.45) is -1.15. The molecule has 1 spiro atoms. The number of aromatic carboxylic acids is 1. The third-order valence-corrected chi connectivity index (χ3v) is 6.99. The average molecular weight is 483 g/mol. The van der Waals surface area contributed by atoms with E-state index in [0.29, 0.717) is 12.8 Å². The van der Waals surface area contributed by atoms with E-state index in [1.165, 1.54) is 18.2 Å². The highest BCUT2D eigenvalue weighted by Gasteiger charge is 2.57. The molecule has 3 fully saturated rings. The number of nitrogens with one attached hydrogen (secondary N) is 1.